The molecule has 0 aliphatic carbocycles. The first-order chi connectivity index (χ1) is 12.8. The minimum atomic E-state index is -0.325. The fraction of sp³-hybridized carbons (Fsp3) is 0.696. The Hall–Kier alpha value is -0.230. The molecule has 0 bridgehead atoms. The van der Waals surface area contributed by atoms with Gasteiger partial charge in [-0.2, -0.15) is 0 Å². The normalized spacial score (nSPS) is 10.6. The van der Waals surface area contributed by atoms with Gasteiger partial charge in [-0.1, -0.05) is 103 Å². The second kappa shape index (κ2) is 19.1. The highest BCUT2D eigenvalue weighted by atomic mass is 127. The zero-order chi connectivity index (χ0) is 18.9. The number of rotatable bonds is 17. The summed E-state index contributed by atoms with van der Waals surface area (Å²) >= 11 is 1.76. The molecule has 0 saturated heterocycles. The summed E-state index contributed by atoms with van der Waals surface area (Å²) in [7, 11) is 0. The van der Waals surface area contributed by atoms with Crippen molar-refractivity contribution in [1.29, 1.82) is 0 Å². The lowest BCUT2D eigenvalue weighted by molar-refractivity contribution is 0.0997. The number of unbranched alkanes of at least 4 members (excludes halogenated alkanes) is 13. The number of primary amides is 1. The van der Waals surface area contributed by atoms with Crippen LogP contribution in [0.3, 0.4) is 0 Å². The van der Waals surface area contributed by atoms with Crippen LogP contribution in [0.5, 0.6) is 0 Å². The molecule has 1 aromatic rings. The standard InChI is InChI=1S/C23H39NOS.HI/c1-2-3-4-5-6-7-8-9-10-11-12-13-14-17-20-26-22-19-16-15-18-21(22)23(24)25;/h15-16,18-19H,2-14,17,20H2,1H3,(H2,24,25);1H. The third kappa shape index (κ3) is 14.4. The third-order valence-corrected chi connectivity index (χ3v) is 6.07. The summed E-state index contributed by atoms with van der Waals surface area (Å²) in [6.45, 7) is 2.28. The molecule has 0 unspecified atom stereocenters. The van der Waals surface area contributed by atoms with E-state index in [4.69, 9.17) is 5.73 Å². The van der Waals surface area contributed by atoms with Crippen molar-refractivity contribution in [1.82, 2.24) is 0 Å². The summed E-state index contributed by atoms with van der Waals surface area (Å²) in [5, 5.41) is 0. The Morgan fingerprint density at radius 1 is 0.778 bits per heavy atom. The predicted molar refractivity (Wildman–Crippen MR) is 131 cm³/mol. The lowest BCUT2D eigenvalue weighted by Gasteiger charge is -2.06. The maximum absolute atomic E-state index is 11.4. The summed E-state index contributed by atoms with van der Waals surface area (Å²) in [4.78, 5) is 12.4. The Labute approximate surface area is 188 Å². The lowest BCUT2D eigenvalue weighted by atomic mass is 10.0. The van der Waals surface area contributed by atoms with Gasteiger partial charge in [-0.15, -0.1) is 35.7 Å². The molecule has 2 N–H and O–H groups in total. The monoisotopic (exact) mass is 505 g/mol. The molecular weight excluding hydrogens is 465 g/mol. The van der Waals surface area contributed by atoms with Gasteiger partial charge in [0.2, 0.25) is 5.91 Å². The predicted octanol–water partition coefficient (Wildman–Crippen LogP) is 7.98. The average Bonchev–Trinajstić information content (AvgIpc) is 2.65. The van der Waals surface area contributed by atoms with E-state index >= 15 is 0 Å². The molecule has 0 aliphatic heterocycles. The van der Waals surface area contributed by atoms with Crippen LogP contribution < -0.4 is 5.73 Å². The second-order valence-electron chi connectivity index (χ2n) is 7.31. The van der Waals surface area contributed by atoms with Gasteiger partial charge in [-0.3, -0.25) is 4.79 Å². The molecule has 0 fully saturated rings. The smallest absolute Gasteiger partial charge is 0.249 e. The minimum Gasteiger partial charge on any atom is -0.366 e. The Bertz CT molecular complexity index is 481. The molecule has 27 heavy (non-hydrogen) atoms. The van der Waals surface area contributed by atoms with E-state index in [-0.39, 0.29) is 29.9 Å². The van der Waals surface area contributed by atoms with Crippen LogP contribution in [-0.2, 0) is 0 Å². The van der Waals surface area contributed by atoms with Crippen LogP contribution in [-0.4, -0.2) is 11.7 Å². The van der Waals surface area contributed by atoms with Crippen LogP contribution in [0.25, 0.3) is 0 Å². The van der Waals surface area contributed by atoms with Crippen LogP contribution in [0, 0.1) is 0 Å². The molecule has 0 aromatic heterocycles. The zero-order valence-electron chi connectivity index (χ0n) is 17.2. The van der Waals surface area contributed by atoms with Crippen LogP contribution in [0.1, 0.15) is 107 Å². The number of halogens is 1. The summed E-state index contributed by atoms with van der Waals surface area (Å²) in [6.07, 6.45) is 19.4. The van der Waals surface area contributed by atoms with Gasteiger partial charge >= 0.3 is 0 Å². The number of carbonyl (C=O) groups is 1. The quantitative estimate of drug-likeness (QED) is 0.133. The maximum Gasteiger partial charge on any atom is 0.249 e. The number of thioether (sulfide) groups is 1. The number of nitrogens with two attached hydrogens (primary N) is 1. The molecule has 0 aliphatic rings. The van der Waals surface area contributed by atoms with Crippen molar-refractivity contribution in [3.8, 4) is 0 Å². The molecule has 0 saturated carbocycles. The van der Waals surface area contributed by atoms with E-state index in [0.717, 1.165) is 10.6 Å². The second-order valence-corrected chi connectivity index (χ2v) is 8.44. The molecule has 0 atom stereocenters. The van der Waals surface area contributed by atoms with E-state index in [2.05, 4.69) is 6.92 Å². The summed E-state index contributed by atoms with van der Waals surface area (Å²) in [5.41, 5.74) is 6.07. The summed E-state index contributed by atoms with van der Waals surface area (Å²) < 4.78 is 0. The largest absolute Gasteiger partial charge is 0.366 e. The molecule has 156 valence electrons. The zero-order valence-corrected chi connectivity index (χ0v) is 20.4. The Morgan fingerprint density at radius 3 is 1.70 bits per heavy atom. The third-order valence-electron chi connectivity index (χ3n) is 4.91. The van der Waals surface area contributed by atoms with Gasteiger partial charge in [0, 0.05) is 4.90 Å². The van der Waals surface area contributed by atoms with E-state index in [9.17, 15) is 4.79 Å². The first kappa shape index (κ1) is 26.8. The maximum atomic E-state index is 11.4. The molecule has 0 radical (unpaired) electrons. The van der Waals surface area contributed by atoms with Crippen LogP contribution in [0.15, 0.2) is 29.2 Å². The van der Waals surface area contributed by atoms with E-state index in [1.54, 1.807) is 11.8 Å². The van der Waals surface area contributed by atoms with Crippen LogP contribution >= 0.6 is 35.7 Å². The van der Waals surface area contributed by atoms with E-state index in [1.165, 1.54) is 89.9 Å². The highest BCUT2D eigenvalue weighted by Gasteiger charge is 2.06. The van der Waals surface area contributed by atoms with Gasteiger partial charge in [-0.05, 0) is 24.3 Å². The first-order valence-electron chi connectivity index (χ1n) is 10.8. The van der Waals surface area contributed by atoms with Crippen molar-refractivity contribution in [3.63, 3.8) is 0 Å². The van der Waals surface area contributed by atoms with Crippen molar-refractivity contribution in [3.05, 3.63) is 29.8 Å². The van der Waals surface area contributed by atoms with E-state index in [1.807, 2.05) is 24.3 Å². The minimum absolute atomic E-state index is 0. The van der Waals surface area contributed by atoms with Crippen LogP contribution in [0.2, 0.25) is 0 Å². The Morgan fingerprint density at radius 2 is 1.22 bits per heavy atom. The SMILES string of the molecule is CCCCCCCCCCCCCCCCSc1ccccc1C(N)=O.I. The molecule has 0 heterocycles. The topological polar surface area (TPSA) is 43.1 Å². The molecule has 4 heteroatoms. The molecule has 2 nitrogen and oxygen atoms in total. The van der Waals surface area contributed by atoms with Gasteiger partial charge in [0.1, 0.15) is 0 Å². The van der Waals surface area contributed by atoms with Crippen LogP contribution in [0.4, 0.5) is 0 Å². The number of hydrogen-bond donors (Lipinski definition) is 1. The molecule has 1 rings (SSSR count). The van der Waals surface area contributed by atoms with Gasteiger partial charge in [0.15, 0.2) is 0 Å². The molecular formula is C23H40INOS. The van der Waals surface area contributed by atoms with E-state index < -0.39 is 0 Å². The highest BCUT2D eigenvalue weighted by Crippen LogP contribution is 2.24. The average molecular weight is 506 g/mol. The Kier molecular flexibility index (Phi) is 18.9. The van der Waals surface area contributed by atoms with Gasteiger partial charge in [0.25, 0.3) is 0 Å². The van der Waals surface area contributed by atoms with Crippen molar-refractivity contribution in [2.75, 3.05) is 5.75 Å². The molecule has 1 aromatic carbocycles. The Balaban J connectivity index is 0.00000676. The van der Waals surface area contributed by atoms with Gasteiger partial charge in [-0.25, -0.2) is 0 Å². The highest BCUT2D eigenvalue weighted by molar-refractivity contribution is 14.0. The molecule has 1 amide bonds. The van der Waals surface area contributed by atoms with Gasteiger partial charge in [0.05, 0.1) is 5.56 Å². The van der Waals surface area contributed by atoms with Crippen molar-refractivity contribution >= 4 is 41.6 Å². The number of hydrogen-bond acceptors (Lipinski definition) is 2. The first-order valence-corrected chi connectivity index (χ1v) is 11.8. The number of amides is 1. The summed E-state index contributed by atoms with van der Waals surface area (Å²) in [5.74, 6) is 0.747. The fourth-order valence-corrected chi connectivity index (χ4v) is 4.34. The van der Waals surface area contributed by atoms with Gasteiger partial charge < -0.3 is 5.73 Å². The van der Waals surface area contributed by atoms with Crippen molar-refractivity contribution in [2.45, 2.75) is 102 Å². The van der Waals surface area contributed by atoms with E-state index in [0.29, 0.717) is 5.56 Å². The summed E-state index contributed by atoms with van der Waals surface area (Å²) in [6, 6.07) is 7.65. The number of carbonyl (C=O) groups excluding carboxylic acids is 1. The van der Waals surface area contributed by atoms with Crippen molar-refractivity contribution < 1.29 is 4.79 Å². The lowest BCUT2D eigenvalue weighted by Crippen LogP contribution is -2.11. The fourth-order valence-electron chi connectivity index (χ4n) is 3.27. The molecule has 0 spiro atoms. The number of benzene rings is 1. The van der Waals surface area contributed by atoms with Crippen molar-refractivity contribution in [2.24, 2.45) is 5.73 Å².